The van der Waals surface area contributed by atoms with Gasteiger partial charge in [-0.25, -0.2) is 0 Å². The highest BCUT2D eigenvalue weighted by atomic mass is 16.5. The second-order valence-electron chi connectivity index (χ2n) is 1.50. The summed E-state index contributed by atoms with van der Waals surface area (Å²) in [6.45, 7) is 5.92. The lowest BCUT2D eigenvalue weighted by atomic mass is 10.6. The first-order chi connectivity index (χ1) is 4.16. The Bertz CT molecular complexity index is 94.2. The van der Waals surface area contributed by atoms with E-state index in [0.29, 0.717) is 6.61 Å². The maximum atomic E-state index is 6.75. The van der Waals surface area contributed by atoms with Gasteiger partial charge in [0.05, 0.1) is 0 Å². The third-order valence-electron chi connectivity index (χ3n) is 0.684. The topological polar surface area (TPSA) is 71.1 Å². The van der Waals surface area contributed by atoms with Crippen LogP contribution in [-0.4, -0.2) is 18.8 Å². The Morgan fingerprint density at radius 1 is 2.00 bits per heavy atom. The van der Waals surface area contributed by atoms with Crippen molar-refractivity contribution < 1.29 is 4.74 Å². The molecule has 0 aromatic carbocycles. The molecule has 53 valence electrons. The summed E-state index contributed by atoms with van der Waals surface area (Å²) in [5, 5.41) is 9.22. The summed E-state index contributed by atoms with van der Waals surface area (Å²) >= 11 is 0. The van der Waals surface area contributed by atoms with Gasteiger partial charge in [0.25, 0.3) is 0 Å². The largest absolute Gasteiger partial charge is 0.370 e. The molecule has 1 unspecified atom stereocenters. The zero-order chi connectivity index (χ0) is 7.28. The molecule has 0 spiro atoms. The number of nitrogens with two attached hydrogens (primary N) is 1. The van der Waals surface area contributed by atoms with E-state index in [1.54, 1.807) is 0 Å². The molecule has 1 atom stereocenters. The van der Waals surface area contributed by atoms with E-state index in [4.69, 9.17) is 15.9 Å². The summed E-state index contributed by atoms with van der Waals surface area (Å²) in [7, 11) is 0. The second-order valence-corrected chi connectivity index (χ2v) is 1.50. The molecular formula is C5H12N3O. The van der Waals surface area contributed by atoms with E-state index >= 15 is 0 Å². The normalized spacial score (nSPS) is 12.7. The Balaban J connectivity index is 3.26. The van der Waals surface area contributed by atoms with Crippen molar-refractivity contribution in [1.29, 1.82) is 5.41 Å². The van der Waals surface area contributed by atoms with Crippen molar-refractivity contribution in [3.63, 3.8) is 0 Å². The lowest BCUT2D eigenvalue weighted by molar-refractivity contribution is 0.0842. The quantitative estimate of drug-likeness (QED) is 0.278. The molecule has 0 saturated carbocycles. The lowest BCUT2D eigenvalue weighted by Gasteiger charge is -2.11. The monoisotopic (exact) mass is 130 g/mol. The fourth-order valence-corrected chi connectivity index (χ4v) is 0.416. The Labute approximate surface area is 54.9 Å². The highest BCUT2D eigenvalue weighted by Gasteiger charge is 1.97. The van der Waals surface area contributed by atoms with Gasteiger partial charge in [-0.05, 0) is 13.8 Å². The van der Waals surface area contributed by atoms with Crippen molar-refractivity contribution in [1.82, 2.24) is 5.32 Å². The molecule has 0 heterocycles. The molecule has 4 nitrogen and oxygen atoms in total. The molecule has 0 aliphatic heterocycles. The molecule has 0 amide bonds. The molecular weight excluding hydrogens is 118 g/mol. The van der Waals surface area contributed by atoms with Crippen LogP contribution >= 0.6 is 0 Å². The standard InChI is InChI=1S/C5H12N3O/c1-3-9-4(2)8-5(6)7/h4H,2-3H2,1H3,(H4,6,7,8). The van der Waals surface area contributed by atoms with Crippen LogP contribution in [0.4, 0.5) is 0 Å². The fraction of sp³-hybridized carbons (Fsp3) is 0.600. The van der Waals surface area contributed by atoms with E-state index in [0.717, 1.165) is 0 Å². The molecule has 4 N–H and O–H groups in total. The Morgan fingerprint density at radius 2 is 2.56 bits per heavy atom. The molecule has 0 fully saturated rings. The van der Waals surface area contributed by atoms with Gasteiger partial charge in [-0.1, -0.05) is 0 Å². The van der Waals surface area contributed by atoms with Crippen LogP contribution in [0, 0.1) is 12.3 Å². The maximum Gasteiger partial charge on any atom is 0.187 e. The molecule has 0 aromatic rings. The molecule has 0 aromatic heterocycles. The van der Waals surface area contributed by atoms with Gasteiger partial charge in [0.2, 0.25) is 0 Å². The number of rotatable bonds is 3. The number of guanidine groups is 1. The zero-order valence-corrected chi connectivity index (χ0v) is 5.48. The van der Waals surface area contributed by atoms with Gasteiger partial charge in [0.15, 0.2) is 5.96 Å². The summed E-state index contributed by atoms with van der Waals surface area (Å²) in [5.41, 5.74) is 4.98. The van der Waals surface area contributed by atoms with Crippen molar-refractivity contribution in [3.8, 4) is 0 Å². The third-order valence-corrected chi connectivity index (χ3v) is 0.684. The van der Waals surface area contributed by atoms with Crippen LogP contribution in [0.3, 0.4) is 0 Å². The van der Waals surface area contributed by atoms with Crippen molar-refractivity contribution >= 4 is 5.96 Å². The molecule has 4 heteroatoms. The first-order valence-electron chi connectivity index (χ1n) is 2.72. The van der Waals surface area contributed by atoms with Gasteiger partial charge in [-0.15, -0.1) is 0 Å². The number of nitrogens with one attached hydrogen (secondary N) is 2. The summed E-state index contributed by atoms with van der Waals surface area (Å²) in [6.07, 6.45) is -0.410. The van der Waals surface area contributed by atoms with Crippen molar-refractivity contribution in [3.05, 3.63) is 6.92 Å². The van der Waals surface area contributed by atoms with E-state index in [2.05, 4.69) is 12.2 Å². The third kappa shape index (κ3) is 5.10. The average Bonchev–Trinajstić information content (AvgIpc) is 1.63. The molecule has 0 saturated heterocycles. The van der Waals surface area contributed by atoms with Crippen LogP contribution in [0.15, 0.2) is 0 Å². The summed E-state index contributed by atoms with van der Waals surface area (Å²) in [4.78, 5) is 0. The van der Waals surface area contributed by atoms with Gasteiger partial charge >= 0.3 is 0 Å². The Kier molecular flexibility index (Phi) is 3.79. The highest BCUT2D eigenvalue weighted by molar-refractivity contribution is 5.74. The summed E-state index contributed by atoms with van der Waals surface area (Å²) < 4.78 is 4.91. The van der Waals surface area contributed by atoms with E-state index in [-0.39, 0.29) is 5.96 Å². The van der Waals surface area contributed by atoms with Crippen LogP contribution < -0.4 is 11.1 Å². The van der Waals surface area contributed by atoms with Gasteiger partial charge in [-0.3, -0.25) is 5.41 Å². The van der Waals surface area contributed by atoms with E-state index < -0.39 is 6.23 Å². The molecule has 0 aliphatic carbocycles. The predicted octanol–water partition coefficient (Wildman–Crippen LogP) is -0.334. The smallest absolute Gasteiger partial charge is 0.187 e. The fourth-order valence-electron chi connectivity index (χ4n) is 0.416. The number of ether oxygens (including phenoxy) is 1. The highest BCUT2D eigenvalue weighted by Crippen LogP contribution is 1.80. The van der Waals surface area contributed by atoms with Gasteiger partial charge < -0.3 is 15.8 Å². The first-order valence-corrected chi connectivity index (χ1v) is 2.72. The van der Waals surface area contributed by atoms with Gasteiger partial charge in [0, 0.05) is 6.61 Å². The number of hydrogen-bond donors (Lipinski definition) is 3. The second kappa shape index (κ2) is 4.14. The molecule has 9 heavy (non-hydrogen) atoms. The number of hydrogen-bond acceptors (Lipinski definition) is 2. The average molecular weight is 130 g/mol. The minimum atomic E-state index is -0.410. The first kappa shape index (κ1) is 8.23. The molecule has 1 radical (unpaired) electrons. The minimum Gasteiger partial charge on any atom is -0.370 e. The van der Waals surface area contributed by atoms with Crippen LogP contribution in [0.1, 0.15) is 6.92 Å². The van der Waals surface area contributed by atoms with E-state index in [1.807, 2.05) is 6.92 Å². The zero-order valence-electron chi connectivity index (χ0n) is 5.48. The van der Waals surface area contributed by atoms with Crippen molar-refractivity contribution in [2.24, 2.45) is 5.73 Å². The summed E-state index contributed by atoms with van der Waals surface area (Å²) in [6, 6.07) is 0. The summed E-state index contributed by atoms with van der Waals surface area (Å²) in [5.74, 6) is -0.122. The van der Waals surface area contributed by atoms with E-state index in [9.17, 15) is 0 Å². The van der Waals surface area contributed by atoms with Crippen molar-refractivity contribution in [2.45, 2.75) is 13.2 Å². The Hall–Kier alpha value is -0.770. The van der Waals surface area contributed by atoms with E-state index in [1.165, 1.54) is 0 Å². The van der Waals surface area contributed by atoms with Crippen molar-refractivity contribution in [2.75, 3.05) is 6.61 Å². The molecule has 0 aliphatic rings. The van der Waals surface area contributed by atoms with Crippen LogP contribution in [0.25, 0.3) is 0 Å². The predicted molar refractivity (Wildman–Crippen MR) is 35.8 cm³/mol. The van der Waals surface area contributed by atoms with Crippen LogP contribution in [-0.2, 0) is 4.74 Å². The van der Waals surface area contributed by atoms with Crippen LogP contribution in [0.2, 0.25) is 0 Å². The molecule has 0 bridgehead atoms. The van der Waals surface area contributed by atoms with Crippen LogP contribution in [0.5, 0.6) is 0 Å². The SMILES string of the molecule is [CH2]C(NC(=N)N)OCC. The Morgan fingerprint density at radius 3 is 2.89 bits per heavy atom. The maximum absolute atomic E-state index is 6.75. The van der Waals surface area contributed by atoms with Gasteiger partial charge in [-0.2, -0.15) is 0 Å². The lowest BCUT2D eigenvalue weighted by Crippen LogP contribution is -2.39. The minimum absolute atomic E-state index is 0.122. The van der Waals surface area contributed by atoms with Gasteiger partial charge in [0.1, 0.15) is 6.23 Å². The molecule has 0 rings (SSSR count).